The molecule has 5 nitrogen and oxygen atoms in total. The quantitative estimate of drug-likeness (QED) is 0.514. The van der Waals surface area contributed by atoms with Crippen LogP contribution in [0.5, 0.6) is 0 Å². The van der Waals surface area contributed by atoms with Crippen LogP contribution in [0.25, 0.3) is 0 Å². The summed E-state index contributed by atoms with van der Waals surface area (Å²) in [5.41, 5.74) is 0. The fraction of sp³-hybridized carbons (Fsp3) is 0.917. The van der Waals surface area contributed by atoms with E-state index in [0.29, 0.717) is 13.2 Å². The lowest BCUT2D eigenvalue weighted by atomic mass is 10.2. The number of carbonyl (C=O) groups excluding carboxylic acids is 1. The summed E-state index contributed by atoms with van der Waals surface area (Å²) in [6.07, 6.45) is 0.991. The zero-order valence-corrected chi connectivity index (χ0v) is 10.9. The van der Waals surface area contributed by atoms with Crippen molar-refractivity contribution in [2.24, 2.45) is 0 Å². The van der Waals surface area contributed by atoms with Crippen LogP contribution < -0.4 is 5.32 Å². The molecule has 1 aliphatic heterocycles. The van der Waals surface area contributed by atoms with E-state index in [1.165, 1.54) is 0 Å². The van der Waals surface area contributed by atoms with Gasteiger partial charge in [0.25, 0.3) is 0 Å². The lowest BCUT2D eigenvalue weighted by Crippen LogP contribution is -2.50. The third-order valence-corrected chi connectivity index (χ3v) is 2.86. The number of carbonyl (C=O) groups is 1. The van der Waals surface area contributed by atoms with Crippen LogP contribution in [0.2, 0.25) is 0 Å². The third-order valence-electron chi connectivity index (χ3n) is 2.86. The molecule has 0 aromatic heterocycles. The number of hydrogen-bond donors (Lipinski definition) is 1. The van der Waals surface area contributed by atoms with E-state index in [-0.39, 0.29) is 12.0 Å². The van der Waals surface area contributed by atoms with Gasteiger partial charge in [0.2, 0.25) is 0 Å². The molecule has 0 aromatic carbocycles. The molecule has 0 radical (unpaired) electrons. The summed E-state index contributed by atoms with van der Waals surface area (Å²) in [6.45, 7) is 9.23. The molecule has 0 bridgehead atoms. The Kier molecular flexibility index (Phi) is 7.16. The normalized spacial score (nSPS) is 18.9. The summed E-state index contributed by atoms with van der Waals surface area (Å²) in [6, 6.07) is -0.150. The third kappa shape index (κ3) is 5.48. The average Bonchev–Trinajstić information content (AvgIpc) is 2.38. The van der Waals surface area contributed by atoms with Gasteiger partial charge in [0.1, 0.15) is 12.6 Å². The van der Waals surface area contributed by atoms with Gasteiger partial charge in [0.05, 0.1) is 6.61 Å². The molecule has 0 aliphatic carbocycles. The molecule has 1 aliphatic rings. The van der Waals surface area contributed by atoms with Crippen LogP contribution in [-0.2, 0) is 14.3 Å². The minimum absolute atomic E-state index is 0.146. The second-order valence-corrected chi connectivity index (χ2v) is 4.24. The molecule has 1 heterocycles. The first-order valence-electron chi connectivity index (χ1n) is 6.45. The lowest BCUT2D eigenvalue weighted by Gasteiger charge is -2.31. The van der Waals surface area contributed by atoms with Gasteiger partial charge in [-0.1, -0.05) is 6.92 Å². The minimum Gasteiger partial charge on any atom is -0.462 e. The molecular formula is C12H24N2O3. The smallest absolute Gasteiger partial charge is 0.323 e. The van der Waals surface area contributed by atoms with Crippen LogP contribution in [0, 0.1) is 0 Å². The summed E-state index contributed by atoms with van der Waals surface area (Å²) in [5.74, 6) is -0.146. The van der Waals surface area contributed by atoms with Crippen molar-refractivity contribution in [1.82, 2.24) is 10.2 Å². The lowest BCUT2D eigenvalue weighted by molar-refractivity contribution is -0.151. The van der Waals surface area contributed by atoms with E-state index in [1.807, 2.05) is 6.92 Å². The molecule has 1 atom stereocenters. The molecule has 0 aromatic rings. The van der Waals surface area contributed by atoms with Crippen LogP contribution in [0.3, 0.4) is 0 Å². The van der Waals surface area contributed by atoms with Gasteiger partial charge >= 0.3 is 5.97 Å². The van der Waals surface area contributed by atoms with Crippen molar-refractivity contribution in [3.63, 3.8) is 0 Å². The van der Waals surface area contributed by atoms with Gasteiger partial charge in [-0.3, -0.25) is 9.69 Å². The largest absolute Gasteiger partial charge is 0.462 e. The van der Waals surface area contributed by atoms with E-state index in [2.05, 4.69) is 17.1 Å². The van der Waals surface area contributed by atoms with Gasteiger partial charge in [0.15, 0.2) is 0 Å². The van der Waals surface area contributed by atoms with Crippen molar-refractivity contribution < 1.29 is 14.3 Å². The standard InChI is InChI=1S/C12H24N2O3/c1-3-8-16-9-10-17-12(15)11(2)14-6-4-13-5-7-14/h11,13H,3-10H2,1-2H3. The van der Waals surface area contributed by atoms with Crippen LogP contribution in [0.1, 0.15) is 20.3 Å². The van der Waals surface area contributed by atoms with Gasteiger partial charge in [-0.25, -0.2) is 0 Å². The molecule has 1 unspecified atom stereocenters. The maximum atomic E-state index is 11.7. The van der Waals surface area contributed by atoms with Crippen molar-refractivity contribution in [3.8, 4) is 0 Å². The number of nitrogens with one attached hydrogen (secondary N) is 1. The van der Waals surface area contributed by atoms with E-state index in [9.17, 15) is 4.79 Å². The Labute approximate surface area is 103 Å². The minimum atomic E-state index is -0.150. The second kappa shape index (κ2) is 8.44. The SMILES string of the molecule is CCCOCCOC(=O)C(C)N1CCNCC1. The van der Waals surface area contributed by atoms with Crippen molar-refractivity contribution in [2.45, 2.75) is 26.3 Å². The first-order chi connectivity index (χ1) is 8.25. The van der Waals surface area contributed by atoms with E-state index in [4.69, 9.17) is 9.47 Å². The highest BCUT2D eigenvalue weighted by atomic mass is 16.6. The highest BCUT2D eigenvalue weighted by Crippen LogP contribution is 2.03. The Morgan fingerprint density at radius 3 is 2.65 bits per heavy atom. The number of esters is 1. The predicted molar refractivity (Wildman–Crippen MR) is 66.0 cm³/mol. The van der Waals surface area contributed by atoms with Crippen molar-refractivity contribution in [2.75, 3.05) is 46.0 Å². The van der Waals surface area contributed by atoms with Gasteiger partial charge in [-0.2, -0.15) is 0 Å². The zero-order chi connectivity index (χ0) is 12.5. The van der Waals surface area contributed by atoms with Gasteiger partial charge in [0, 0.05) is 32.8 Å². The highest BCUT2D eigenvalue weighted by molar-refractivity contribution is 5.75. The molecule has 0 saturated carbocycles. The summed E-state index contributed by atoms with van der Waals surface area (Å²) < 4.78 is 10.4. The Morgan fingerprint density at radius 2 is 2.00 bits per heavy atom. The molecule has 0 amide bonds. The number of ether oxygens (including phenoxy) is 2. The maximum Gasteiger partial charge on any atom is 0.323 e. The van der Waals surface area contributed by atoms with E-state index >= 15 is 0 Å². The van der Waals surface area contributed by atoms with E-state index in [1.54, 1.807) is 0 Å². The zero-order valence-electron chi connectivity index (χ0n) is 10.9. The van der Waals surface area contributed by atoms with Crippen molar-refractivity contribution in [1.29, 1.82) is 0 Å². The summed E-state index contributed by atoms with van der Waals surface area (Å²) in [5, 5.41) is 3.26. The number of hydrogen-bond acceptors (Lipinski definition) is 5. The Balaban J connectivity index is 2.13. The van der Waals surface area contributed by atoms with Gasteiger partial charge in [-0.15, -0.1) is 0 Å². The molecule has 17 heavy (non-hydrogen) atoms. The van der Waals surface area contributed by atoms with Crippen molar-refractivity contribution >= 4 is 5.97 Å². The van der Waals surface area contributed by atoms with Crippen LogP contribution in [-0.4, -0.2) is 62.9 Å². The highest BCUT2D eigenvalue weighted by Gasteiger charge is 2.23. The first-order valence-corrected chi connectivity index (χ1v) is 6.45. The molecule has 1 saturated heterocycles. The molecule has 5 heteroatoms. The Bertz CT molecular complexity index is 218. The Morgan fingerprint density at radius 1 is 1.29 bits per heavy atom. The fourth-order valence-electron chi connectivity index (χ4n) is 1.79. The van der Waals surface area contributed by atoms with Crippen LogP contribution in [0.4, 0.5) is 0 Å². The maximum absolute atomic E-state index is 11.7. The average molecular weight is 244 g/mol. The Hall–Kier alpha value is -0.650. The number of piperazine rings is 1. The summed E-state index contributed by atoms with van der Waals surface area (Å²) >= 11 is 0. The molecular weight excluding hydrogens is 220 g/mol. The molecule has 1 fully saturated rings. The van der Waals surface area contributed by atoms with E-state index < -0.39 is 0 Å². The number of rotatable bonds is 7. The topological polar surface area (TPSA) is 50.8 Å². The van der Waals surface area contributed by atoms with Gasteiger partial charge < -0.3 is 14.8 Å². The van der Waals surface area contributed by atoms with Crippen molar-refractivity contribution in [3.05, 3.63) is 0 Å². The van der Waals surface area contributed by atoms with Gasteiger partial charge in [-0.05, 0) is 13.3 Å². The van der Waals surface area contributed by atoms with Crippen LogP contribution in [0.15, 0.2) is 0 Å². The molecule has 1 N–H and O–H groups in total. The first kappa shape index (κ1) is 14.4. The summed E-state index contributed by atoms with van der Waals surface area (Å²) in [7, 11) is 0. The molecule has 1 rings (SSSR count). The molecule has 0 spiro atoms. The second-order valence-electron chi connectivity index (χ2n) is 4.24. The van der Waals surface area contributed by atoms with Crippen LogP contribution >= 0.6 is 0 Å². The molecule has 100 valence electrons. The van der Waals surface area contributed by atoms with E-state index in [0.717, 1.165) is 39.2 Å². The fourth-order valence-corrected chi connectivity index (χ4v) is 1.79. The monoisotopic (exact) mass is 244 g/mol. The number of nitrogens with zero attached hydrogens (tertiary/aromatic N) is 1. The predicted octanol–water partition coefficient (Wildman–Crippen LogP) is 0.250. The summed E-state index contributed by atoms with van der Waals surface area (Å²) in [4.78, 5) is 13.9.